The van der Waals surface area contributed by atoms with E-state index in [-0.39, 0.29) is 6.04 Å². The molecule has 1 atom stereocenters. The van der Waals surface area contributed by atoms with Crippen LogP contribution in [0.3, 0.4) is 0 Å². The van der Waals surface area contributed by atoms with Gasteiger partial charge in [-0.2, -0.15) is 0 Å². The van der Waals surface area contributed by atoms with Gasteiger partial charge in [-0.1, -0.05) is 12.8 Å². The van der Waals surface area contributed by atoms with Crippen LogP contribution < -0.4 is 11.1 Å². The number of carbonyl (C=O) groups is 2. The van der Waals surface area contributed by atoms with Crippen LogP contribution in [0.2, 0.25) is 0 Å². The average molecular weight is 198 g/mol. The predicted molar refractivity (Wildman–Crippen MR) is 53.6 cm³/mol. The zero-order chi connectivity index (χ0) is 10.7. The first-order valence-electron chi connectivity index (χ1n) is 5.11. The highest BCUT2D eigenvalue weighted by molar-refractivity contribution is 6.38. The molecule has 1 aliphatic rings. The van der Waals surface area contributed by atoms with Gasteiger partial charge in [-0.05, 0) is 26.2 Å². The number of ketones is 1. The Bertz CT molecular complexity index is 234. The summed E-state index contributed by atoms with van der Waals surface area (Å²) in [5.74, 6) is -0.459. The first-order valence-corrected chi connectivity index (χ1v) is 5.11. The molecule has 1 fully saturated rings. The lowest BCUT2D eigenvalue weighted by Crippen LogP contribution is -2.44. The van der Waals surface area contributed by atoms with Crippen LogP contribution in [-0.2, 0) is 9.59 Å². The normalized spacial score (nSPS) is 18.0. The van der Waals surface area contributed by atoms with Gasteiger partial charge in [0.2, 0.25) is 5.78 Å². The summed E-state index contributed by atoms with van der Waals surface area (Å²) in [6.07, 6.45) is 2.95. The van der Waals surface area contributed by atoms with Crippen LogP contribution in [0.5, 0.6) is 0 Å². The van der Waals surface area contributed by atoms with Crippen LogP contribution in [0, 0.1) is 5.92 Å². The fraction of sp³-hybridized carbons (Fsp3) is 0.800. The second kappa shape index (κ2) is 4.55. The molecule has 0 heterocycles. The van der Waals surface area contributed by atoms with Gasteiger partial charge in [-0.15, -0.1) is 0 Å². The van der Waals surface area contributed by atoms with Gasteiger partial charge in [0.1, 0.15) is 0 Å². The van der Waals surface area contributed by atoms with Crippen molar-refractivity contribution < 1.29 is 9.59 Å². The Balaban J connectivity index is 2.33. The number of hydrogen-bond acceptors (Lipinski definition) is 3. The molecule has 4 heteroatoms. The second-order valence-electron chi connectivity index (χ2n) is 4.28. The van der Waals surface area contributed by atoms with E-state index in [4.69, 9.17) is 5.73 Å². The molecular weight excluding hydrogens is 180 g/mol. The number of Topliss-reactive ketones (excluding diaryl/α,β-unsaturated/α-hetero) is 1. The molecule has 1 rings (SSSR count). The summed E-state index contributed by atoms with van der Waals surface area (Å²) >= 11 is 0. The van der Waals surface area contributed by atoms with Crippen LogP contribution in [0.1, 0.15) is 33.1 Å². The summed E-state index contributed by atoms with van der Waals surface area (Å²) in [5.41, 5.74) is 5.62. The van der Waals surface area contributed by atoms with Crippen molar-refractivity contribution in [3.63, 3.8) is 0 Å². The first-order chi connectivity index (χ1) is 6.50. The third-order valence-corrected chi connectivity index (χ3v) is 2.26. The van der Waals surface area contributed by atoms with E-state index in [1.54, 1.807) is 0 Å². The molecule has 3 N–H and O–H groups in total. The molecule has 80 valence electrons. The van der Waals surface area contributed by atoms with Crippen LogP contribution in [0.15, 0.2) is 0 Å². The lowest BCUT2D eigenvalue weighted by atomic mass is 10.1. The van der Waals surface area contributed by atoms with Gasteiger partial charge < -0.3 is 11.1 Å². The molecule has 0 radical (unpaired) electrons. The van der Waals surface area contributed by atoms with Gasteiger partial charge in [0.15, 0.2) is 0 Å². The second-order valence-corrected chi connectivity index (χ2v) is 4.28. The molecular formula is C10H18N2O2. The van der Waals surface area contributed by atoms with E-state index in [9.17, 15) is 9.59 Å². The maximum absolute atomic E-state index is 11.4. The maximum Gasteiger partial charge on any atom is 0.289 e. The Morgan fingerprint density at radius 2 is 2.00 bits per heavy atom. The molecule has 0 spiro atoms. The highest BCUT2D eigenvalue weighted by Gasteiger charge is 2.29. The van der Waals surface area contributed by atoms with Gasteiger partial charge in [0, 0.05) is 6.04 Å². The Labute approximate surface area is 84.2 Å². The highest BCUT2D eigenvalue weighted by Crippen LogP contribution is 2.33. The fourth-order valence-corrected chi connectivity index (χ4v) is 1.32. The number of hydrogen-bond donors (Lipinski definition) is 2. The summed E-state index contributed by atoms with van der Waals surface area (Å²) in [5, 5.41) is 2.55. The van der Waals surface area contributed by atoms with Crippen molar-refractivity contribution in [3.8, 4) is 0 Å². The molecule has 4 nitrogen and oxygen atoms in total. The minimum Gasteiger partial charge on any atom is -0.347 e. The fourth-order valence-electron chi connectivity index (χ4n) is 1.32. The molecule has 0 aromatic carbocycles. The Hall–Kier alpha value is -0.900. The third kappa shape index (κ3) is 3.46. The third-order valence-electron chi connectivity index (χ3n) is 2.26. The Morgan fingerprint density at radius 3 is 2.43 bits per heavy atom. The predicted octanol–water partition coefficient (Wildman–Crippen LogP) is 0.207. The Kier molecular flexibility index (Phi) is 3.63. The van der Waals surface area contributed by atoms with Crippen LogP contribution in [0.4, 0.5) is 0 Å². The van der Waals surface area contributed by atoms with E-state index < -0.39 is 17.7 Å². The van der Waals surface area contributed by atoms with Crippen molar-refractivity contribution >= 4 is 11.7 Å². The van der Waals surface area contributed by atoms with E-state index in [2.05, 4.69) is 5.32 Å². The lowest BCUT2D eigenvalue weighted by Gasteiger charge is -2.11. The van der Waals surface area contributed by atoms with E-state index >= 15 is 0 Å². The number of carbonyl (C=O) groups excluding carboxylic acids is 2. The largest absolute Gasteiger partial charge is 0.347 e. The summed E-state index contributed by atoms with van der Waals surface area (Å²) < 4.78 is 0. The van der Waals surface area contributed by atoms with Gasteiger partial charge in [-0.3, -0.25) is 9.59 Å². The number of amides is 1. The van der Waals surface area contributed by atoms with E-state index in [1.165, 1.54) is 0 Å². The van der Waals surface area contributed by atoms with Crippen molar-refractivity contribution in [1.29, 1.82) is 0 Å². The van der Waals surface area contributed by atoms with Crippen molar-refractivity contribution in [2.75, 3.05) is 0 Å². The summed E-state index contributed by atoms with van der Waals surface area (Å²) in [4.78, 5) is 22.7. The van der Waals surface area contributed by atoms with E-state index in [0.717, 1.165) is 12.8 Å². The smallest absolute Gasteiger partial charge is 0.289 e. The summed E-state index contributed by atoms with van der Waals surface area (Å²) in [6.45, 7) is 3.63. The average Bonchev–Trinajstić information content (AvgIpc) is 2.85. The topological polar surface area (TPSA) is 72.2 Å². The van der Waals surface area contributed by atoms with E-state index in [1.807, 2.05) is 13.8 Å². The van der Waals surface area contributed by atoms with E-state index in [0.29, 0.717) is 12.3 Å². The number of rotatable bonds is 5. The molecule has 1 saturated carbocycles. The molecule has 1 amide bonds. The molecule has 0 aromatic heterocycles. The molecule has 1 aliphatic carbocycles. The van der Waals surface area contributed by atoms with Gasteiger partial charge in [0.25, 0.3) is 5.91 Å². The van der Waals surface area contributed by atoms with Crippen molar-refractivity contribution in [2.45, 2.75) is 45.2 Å². The monoisotopic (exact) mass is 198 g/mol. The summed E-state index contributed by atoms with van der Waals surface area (Å²) in [6, 6.07) is -0.624. The molecule has 0 saturated heterocycles. The number of nitrogens with one attached hydrogen (secondary N) is 1. The van der Waals surface area contributed by atoms with Crippen molar-refractivity contribution in [2.24, 2.45) is 11.7 Å². The maximum atomic E-state index is 11.4. The van der Waals surface area contributed by atoms with Crippen LogP contribution in [0.25, 0.3) is 0 Å². The minimum atomic E-state index is -0.610. The molecule has 14 heavy (non-hydrogen) atoms. The summed E-state index contributed by atoms with van der Waals surface area (Å²) in [7, 11) is 0. The van der Waals surface area contributed by atoms with Crippen molar-refractivity contribution in [1.82, 2.24) is 5.32 Å². The van der Waals surface area contributed by atoms with Gasteiger partial charge in [0.05, 0.1) is 6.04 Å². The van der Waals surface area contributed by atoms with Gasteiger partial charge >= 0.3 is 0 Å². The zero-order valence-electron chi connectivity index (χ0n) is 8.75. The molecule has 0 aromatic rings. The molecule has 1 unspecified atom stereocenters. The first kappa shape index (κ1) is 11.2. The zero-order valence-corrected chi connectivity index (χ0v) is 8.75. The lowest BCUT2D eigenvalue weighted by molar-refractivity contribution is -0.139. The van der Waals surface area contributed by atoms with Crippen LogP contribution >= 0.6 is 0 Å². The minimum absolute atomic E-state index is 0.0143. The Morgan fingerprint density at radius 1 is 1.43 bits per heavy atom. The quantitative estimate of drug-likeness (QED) is 0.620. The van der Waals surface area contributed by atoms with Crippen LogP contribution in [-0.4, -0.2) is 23.8 Å². The van der Waals surface area contributed by atoms with Gasteiger partial charge in [-0.25, -0.2) is 0 Å². The standard InChI is InChI=1S/C10H18N2O2/c1-6(2)12-10(14)9(13)8(11)5-7-3-4-7/h6-8H,3-5,11H2,1-2H3,(H,12,14). The molecule has 0 aliphatic heterocycles. The SMILES string of the molecule is CC(C)NC(=O)C(=O)C(N)CC1CC1. The van der Waals surface area contributed by atoms with Crippen molar-refractivity contribution in [3.05, 3.63) is 0 Å². The highest BCUT2D eigenvalue weighted by atomic mass is 16.2. The molecule has 0 bridgehead atoms. The number of nitrogens with two attached hydrogens (primary N) is 1.